The van der Waals surface area contributed by atoms with Gasteiger partial charge < -0.3 is 29.5 Å². The third-order valence-corrected chi connectivity index (χ3v) is 7.36. The van der Waals surface area contributed by atoms with Crippen LogP contribution in [0.25, 0.3) is 0 Å². The van der Waals surface area contributed by atoms with Crippen molar-refractivity contribution in [1.29, 1.82) is 0 Å². The first-order valence-corrected chi connectivity index (χ1v) is 15.0. The van der Waals surface area contributed by atoms with Gasteiger partial charge in [0.15, 0.2) is 0 Å². The van der Waals surface area contributed by atoms with Crippen molar-refractivity contribution in [2.45, 2.75) is 90.9 Å². The Morgan fingerprint density at radius 3 is 1.32 bits per heavy atom. The second kappa shape index (κ2) is 17.0. The SMILES string of the molecule is CCCCCCCCOc1cc(O)ccc1N1CCN(c2ccc(O)cc2OCCCCCCCC)CC1. The van der Waals surface area contributed by atoms with Gasteiger partial charge >= 0.3 is 0 Å². The van der Waals surface area contributed by atoms with Crippen molar-refractivity contribution in [3.63, 3.8) is 0 Å². The molecule has 1 aliphatic rings. The molecule has 0 atom stereocenters. The van der Waals surface area contributed by atoms with Gasteiger partial charge in [0.05, 0.1) is 24.6 Å². The highest BCUT2D eigenvalue weighted by Gasteiger charge is 2.23. The molecule has 0 radical (unpaired) electrons. The molecule has 1 saturated heterocycles. The molecule has 0 bridgehead atoms. The van der Waals surface area contributed by atoms with E-state index in [9.17, 15) is 10.2 Å². The zero-order chi connectivity index (χ0) is 27.0. The highest BCUT2D eigenvalue weighted by atomic mass is 16.5. The Kier molecular flexibility index (Phi) is 13.3. The molecule has 38 heavy (non-hydrogen) atoms. The van der Waals surface area contributed by atoms with Gasteiger partial charge in [0.25, 0.3) is 0 Å². The summed E-state index contributed by atoms with van der Waals surface area (Å²) >= 11 is 0. The number of nitrogens with zero attached hydrogens (tertiary/aromatic N) is 2. The van der Waals surface area contributed by atoms with Gasteiger partial charge in [-0.3, -0.25) is 0 Å². The number of phenols is 2. The minimum atomic E-state index is 0.238. The average Bonchev–Trinajstić information content (AvgIpc) is 2.92. The molecule has 212 valence electrons. The van der Waals surface area contributed by atoms with Crippen LogP contribution in [0.2, 0.25) is 0 Å². The third kappa shape index (κ3) is 9.85. The van der Waals surface area contributed by atoms with Crippen LogP contribution in [0.5, 0.6) is 23.0 Å². The Morgan fingerprint density at radius 1 is 0.553 bits per heavy atom. The Hall–Kier alpha value is -2.76. The lowest BCUT2D eigenvalue weighted by atomic mass is 10.1. The molecule has 1 heterocycles. The monoisotopic (exact) mass is 526 g/mol. The number of hydrogen-bond donors (Lipinski definition) is 2. The van der Waals surface area contributed by atoms with Crippen molar-refractivity contribution in [3.05, 3.63) is 36.4 Å². The van der Waals surface area contributed by atoms with Gasteiger partial charge in [0, 0.05) is 38.3 Å². The van der Waals surface area contributed by atoms with Crippen molar-refractivity contribution in [3.8, 4) is 23.0 Å². The molecular formula is C32H50N2O4. The molecule has 6 heteroatoms. The Balaban J connectivity index is 1.52. The molecule has 2 aromatic rings. The second-order valence-electron chi connectivity index (χ2n) is 10.5. The topological polar surface area (TPSA) is 65.4 Å². The molecular weight excluding hydrogens is 476 g/mol. The number of hydrogen-bond acceptors (Lipinski definition) is 6. The lowest BCUT2D eigenvalue weighted by Crippen LogP contribution is -2.46. The summed E-state index contributed by atoms with van der Waals surface area (Å²) < 4.78 is 12.3. The van der Waals surface area contributed by atoms with Crippen LogP contribution >= 0.6 is 0 Å². The first-order valence-electron chi connectivity index (χ1n) is 15.0. The summed E-state index contributed by atoms with van der Waals surface area (Å²) in [6, 6.07) is 10.9. The van der Waals surface area contributed by atoms with Gasteiger partial charge in [-0.05, 0) is 37.1 Å². The number of aromatic hydroxyl groups is 2. The van der Waals surface area contributed by atoms with E-state index in [0.717, 1.165) is 61.9 Å². The maximum absolute atomic E-state index is 10.1. The van der Waals surface area contributed by atoms with Gasteiger partial charge in [-0.25, -0.2) is 0 Å². The van der Waals surface area contributed by atoms with E-state index in [1.165, 1.54) is 64.2 Å². The van der Waals surface area contributed by atoms with E-state index in [2.05, 4.69) is 23.6 Å². The first-order chi connectivity index (χ1) is 18.6. The quantitative estimate of drug-likeness (QED) is 0.192. The minimum Gasteiger partial charge on any atom is -0.508 e. The van der Waals surface area contributed by atoms with Gasteiger partial charge in [-0.1, -0.05) is 78.1 Å². The zero-order valence-electron chi connectivity index (χ0n) is 23.8. The Bertz CT molecular complexity index is 852. The lowest BCUT2D eigenvalue weighted by Gasteiger charge is -2.38. The molecule has 1 fully saturated rings. The van der Waals surface area contributed by atoms with Crippen LogP contribution in [0.3, 0.4) is 0 Å². The summed E-state index contributed by atoms with van der Waals surface area (Å²) in [4.78, 5) is 4.67. The normalized spacial score (nSPS) is 13.6. The van der Waals surface area contributed by atoms with Crippen LogP contribution in [0.1, 0.15) is 90.9 Å². The number of phenolic OH excluding ortho intramolecular Hbond substituents is 2. The first kappa shape index (κ1) is 29.8. The number of anilines is 2. The smallest absolute Gasteiger partial charge is 0.146 e. The number of rotatable bonds is 18. The van der Waals surface area contributed by atoms with Crippen molar-refractivity contribution in [2.24, 2.45) is 0 Å². The highest BCUT2D eigenvalue weighted by Crippen LogP contribution is 2.36. The molecule has 0 unspecified atom stereocenters. The molecule has 0 spiro atoms. The van der Waals surface area contributed by atoms with E-state index < -0.39 is 0 Å². The van der Waals surface area contributed by atoms with E-state index in [0.29, 0.717) is 13.2 Å². The molecule has 0 aliphatic carbocycles. The fraction of sp³-hybridized carbons (Fsp3) is 0.625. The van der Waals surface area contributed by atoms with E-state index in [1.54, 1.807) is 24.3 Å². The largest absolute Gasteiger partial charge is 0.508 e. The van der Waals surface area contributed by atoms with Crippen LogP contribution < -0.4 is 19.3 Å². The van der Waals surface area contributed by atoms with E-state index >= 15 is 0 Å². The average molecular weight is 527 g/mol. The molecule has 6 nitrogen and oxygen atoms in total. The molecule has 1 aliphatic heterocycles. The summed E-state index contributed by atoms with van der Waals surface area (Å²) in [7, 11) is 0. The molecule has 2 N–H and O–H groups in total. The maximum atomic E-state index is 10.1. The summed E-state index contributed by atoms with van der Waals surface area (Å²) in [6.45, 7) is 9.20. The van der Waals surface area contributed by atoms with E-state index in [1.807, 2.05) is 12.1 Å². The summed E-state index contributed by atoms with van der Waals surface area (Å²) in [5.41, 5.74) is 2.08. The van der Waals surface area contributed by atoms with Crippen LogP contribution in [0.4, 0.5) is 11.4 Å². The van der Waals surface area contributed by atoms with Crippen LogP contribution in [0, 0.1) is 0 Å². The van der Waals surface area contributed by atoms with Crippen molar-refractivity contribution < 1.29 is 19.7 Å². The van der Waals surface area contributed by atoms with Crippen molar-refractivity contribution >= 4 is 11.4 Å². The standard InChI is InChI=1S/C32H50N2O4/c1-3-5-7-9-11-13-23-37-31-25-27(35)15-17-29(31)33-19-21-34(22-20-33)30-18-16-28(36)26-32(30)38-24-14-12-10-8-6-4-2/h15-18,25-26,35-36H,3-14,19-24H2,1-2H3. The highest BCUT2D eigenvalue weighted by molar-refractivity contribution is 5.64. The zero-order valence-corrected chi connectivity index (χ0v) is 23.8. The summed E-state index contributed by atoms with van der Waals surface area (Å²) in [5.74, 6) is 2.00. The van der Waals surface area contributed by atoms with Gasteiger partial charge in [-0.2, -0.15) is 0 Å². The number of piperazine rings is 1. The molecule has 2 aromatic carbocycles. The van der Waals surface area contributed by atoms with E-state index in [-0.39, 0.29) is 11.5 Å². The van der Waals surface area contributed by atoms with Gasteiger partial charge in [0.1, 0.15) is 23.0 Å². The third-order valence-electron chi connectivity index (χ3n) is 7.36. The second-order valence-corrected chi connectivity index (χ2v) is 10.5. The van der Waals surface area contributed by atoms with E-state index in [4.69, 9.17) is 9.47 Å². The molecule has 3 rings (SSSR count). The van der Waals surface area contributed by atoms with Crippen LogP contribution in [-0.2, 0) is 0 Å². The fourth-order valence-corrected chi connectivity index (χ4v) is 5.08. The molecule has 0 amide bonds. The van der Waals surface area contributed by atoms with Gasteiger partial charge in [-0.15, -0.1) is 0 Å². The summed E-state index contributed by atoms with van der Waals surface area (Å²) in [5, 5.41) is 20.2. The lowest BCUT2D eigenvalue weighted by molar-refractivity contribution is 0.301. The maximum Gasteiger partial charge on any atom is 0.146 e. The minimum absolute atomic E-state index is 0.238. The molecule has 0 saturated carbocycles. The van der Waals surface area contributed by atoms with Crippen LogP contribution in [-0.4, -0.2) is 49.6 Å². The predicted octanol–water partition coefficient (Wildman–Crippen LogP) is 7.90. The Morgan fingerprint density at radius 2 is 0.921 bits per heavy atom. The van der Waals surface area contributed by atoms with Crippen molar-refractivity contribution in [1.82, 2.24) is 0 Å². The van der Waals surface area contributed by atoms with Crippen molar-refractivity contribution in [2.75, 3.05) is 49.2 Å². The number of ether oxygens (including phenoxy) is 2. The van der Waals surface area contributed by atoms with Crippen LogP contribution in [0.15, 0.2) is 36.4 Å². The fourth-order valence-electron chi connectivity index (χ4n) is 5.08. The summed E-state index contributed by atoms with van der Waals surface area (Å²) in [6.07, 6.45) is 14.7. The number of benzene rings is 2. The van der Waals surface area contributed by atoms with Gasteiger partial charge in [0.2, 0.25) is 0 Å². The predicted molar refractivity (Wildman–Crippen MR) is 158 cm³/mol. The Labute approximate surface area is 230 Å². The molecule has 0 aromatic heterocycles. The number of unbranched alkanes of at least 4 members (excludes halogenated alkanes) is 10.